The number of ether oxygens (including phenoxy) is 1. The van der Waals surface area contributed by atoms with Crippen LogP contribution in [0.1, 0.15) is 25.3 Å². The Hall–Kier alpha value is -1.55. The molecule has 2 atom stereocenters. The number of carboxylic acids is 1. The molecular weight excluding hydrogens is 230 g/mol. The number of hydrogen-bond acceptors (Lipinski definition) is 3. The lowest BCUT2D eigenvalue weighted by Crippen LogP contribution is -2.24. The van der Waals surface area contributed by atoms with Crippen LogP contribution in [0.2, 0.25) is 0 Å². The monoisotopic (exact) mass is 249 g/mol. The van der Waals surface area contributed by atoms with E-state index in [-0.39, 0.29) is 6.10 Å². The van der Waals surface area contributed by atoms with E-state index in [1.807, 2.05) is 18.2 Å². The fraction of sp³-hybridized carbons (Fsp3) is 0.500. The zero-order valence-corrected chi connectivity index (χ0v) is 10.6. The third-order valence-corrected chi connectivity index (χ3v) is 3.30. The third kappa shape index (κ3) is 3.01. The van der Waals surface area contributed by atoms with E-state index in [1.165, 1.54) is 5.56 Å². The summed E-state index contributed by atoms with van der Waals surface area (Å²) in [7, 11) is 0. The van der Waals surface area contributed by atoms with E-state index in [0.29, 0.717) is 13.0 Å². The average molecular weight is 249 g/mol. The summed E-state index contributed by atoms with van der Waals surface area (Å²) in [5.41, 5.74) is 2.38. The standard InChI is InChI=1S/C14H19NO3/c1-2-10-5-3-4-6-12(10)15-9-11-7-8-13(18-11)14(16)17/h3-6,11,13,15H,2,7-9H2,1H3,(H,16,17). The van der Waals surface area contributed by atoms with Crippen molar-refractivity contribution in [3.8, 4) is 0 Å². The number of aliphatic carboxylic acids is 1. The van der Waals surface area contributed by atoms with Gasteiger partial charge in [-0.1, -0.05) is 25.1 Å². The van der Waals surface area contributed by atoms with E-state index in [0.717, 1.165) is 18.5 Å². The van der Waals surface area contributed by atoms with Crippen LogP contribution in [-0.4, -0.2) is 29.8 Å². The molecule has 2 rings (SSSR count). The number of anilines is 1. The average Bonchev–Trinajstić information content (AvgIpc) is 2.85. The second-order valence-electron chi connectivity index (χ2n) is 4.55. The van der Waals surface area contributed by atoms with Crippen LogP contribution in [0.3, 0.4) is 0 Å². The summed E-state index contributed by atoms with van der Waals surface area (Å²) in [5.74, 6) is -0.855. The molecule has 1 heterocycles. The predicted molar refractivity (Wildman–Crippen MR) is 69.8 cm³/mol. The fourth-order valence-electron chi connectivity index (χ4n) is 2.26. The number of aryl methyl sites for hydroxylation is 1. The van der Waals surface area contributed by atoms with Crippen LogP contribution in [0.25, 0.3) is 0 Å². The van der Waals surface area contributed by atoms with E-state index < -0.39 is 12.1 Å². The molecule has 1 aromatic rings. The highest BCUT2D eigenvalue weighted by molar-refractivity contribution is 5.72. The molecule has 0 bridgehead atoms. The number of rotatable bonds is 5. The molecule has 2 unspecified atom stereocenters. The van der Waals surface area contributed by atoms with Crippen molar-refractivity contribution in [1.82, 2.24) is 0 Å². The van der Waals surface area contributed by atoms with Crippen molar-refractivity contribution in [2.45, 2.75) is 38.4 Å². The zero-order chi connectivity index (χ0) is 13.0. The molecule has 98 valence electrons. The Balaban J connectivity index is 1.87. The SMILES string of the molecule is CCc1ccccc1NCC1CCC(C(=O)O)O1. The fourth-order valence-corrected chi connectivity index (χ4v) is 2.26. The van der Waals surface area contributed by atoms with Crippen LogP contribution in [0, 0.1) is 0 Å². The van der Waals surface area contributed by atoms with Crippen molar-refractivity contribution in [2.75, 3.05) is 11.9 Å². The minimum absolute atomic E-state index is 0.00369. The molecule has 1 saturated heterocycles. The van der Waals surface area contributed by atoms with Crippen molar-refractivity contribution in [1.29, 1.82) is 0 Å². The molecule has 18 heavy (non-hydrogen) atoms. The summed E-state index contributed by atoms with van der Waals surface area (Å²) in [6, 6.07) is 8.16. The summed E-state index contributed by atoms with van der Waals surface area (Å²) >= 11 is 0. The van der Waals surface area contributed by atoms with Gasteiger partial charge in [0.25, 0.3) is 0 Å². The maximum Gasteiger partial charge on any atom is 0.332 e. The van der Waals surface area contributed by atoms with Crippen molar-refractivity contribution < 1.29 is 14.6 Å². The zero-order valence-electron chi connectivity index (χ0n) is 10.6. The molecule has 0 saturated carbocycles. The number of carbonyl (C=O) groups is 1. The second-order valence-corrected chi connectivity index (χ2v) is 4.55. The summed E-state index contributed by atoms with van der Waals surface area (Å²) in [4.78, 5) is 10.8. The second kappa shape index (κ2) is 5.87. The summed E-state index contributed by atoms with van der Waals surface area (Å²) in [5, 5.41) is 12.2. The number of para-hydroxylation sites is 1. The molecule has 1 aliphatic rings. The van der Waals surface area contributed by atoms with Gasteiger partial charge in [0, 0.05) is 12.2 Å². The van der Waals surface area contributed by atoms with Gasteiger partial charge in [0.15, 0.2) is 6.10 Å². The Morgan fingerprint density at radius 1 is 1.44 bits per heavy atom. The first kappa shape index (κ1) is 12.9. The first-order valence-corrected chi connectivity index (χ1v) is 6.40. The summed E-state index contributed by atoms with van der Waals surface area (Å²) in [6.07, 6.45) is 1.76. The Kier molecular flexibility index (Phi) is 4.20. The van der Waals surface area contributed by atoms with Gasteiger partial charge in [0.2, 0.25) is 0 Å². The molecule has 0 spiro atoms. The molecule has 0 amide bonds. The molecule has 1 aromatic carbocycles. The van der Waals surface area contributed by atoms with E-state index in [2.05, 4.69) is 18.3 Å². The van der Waals surface area contributed by atoms with Gasteiger partial charge in [0.05, 0.1) is 6.10 Å². The largest absolute Gasteiger partial charge is 0.479 e. The molecule has 0 radical (unpaired) electrons. The van der Waals surface area contributed by atoms with Crippen LogP contribution in [0.5, 0.6) is 0 Å². The molecule has 1 aliphatic heterocycles. The van der Waals surface area contributed by atoms with Gasteiger partial charge in [0.1, 0.15) is 0 Å². The molecule has 0 aliphatic carbocycles. The topological polar surface area (TPSA) is 58.6 Å². The Morgan fingerprint density at radius 3 is 2.89 bits per heavy atom. The minimum atomic E-state index is -0.855. The van der Waals surface area contributed by atoms with Gasteiger partial charge >= 0.3 is 5.97 Å². The van der Waals surface area contributed by atoms with Gasteiger partial charge in [-0.2, -0.15) is 0 Å². The lowest BCUT2D eigenvalue weighted by molar-refractivity contribution is -0.149. The maximum atomic E-state index is 10.8. The number of nitrogens with one attached hydrogen (secondary N) is 1. The smallest absolute Gasteiger partial charge is 0.332 e. The van der Waals surface area contributed by atoms with Crippen molar-refractivity contribution >= 4 is 11.7 Å². The van der Waals surface area contributed by atoms with E-state index in [9.17, 15) is 4.79 Å². The highest BCUT2D eigenvalue weighted by Crippen LogP contribution is 2.21. The first-order valence-electron chi connectivity index (χ1n) is 6.40. The third-order valence-electron chi connectivity index (χ3n) is 3.30. The Morgan fingerprint density at radius 2 is 2.22 bits per heavy atom. The molecule has 4 nitrogen and oxygen atoms in total. The molecular formula is C14H19NO3. The van der Waals surface area contributed by atoms with Gasteiger partial charge in [-0.05, 0) is 30.9 Å². The Labute approximate surface area is 107 Å². The molecule has 0 aromatic heterocycles. The Bertz CT molecular complexity index is 419. The van der Waals surface area contributed by atoms with E-state index in [1.54, 1.807) is 0 Å². The van der Waals surface area contributed by atoms with Gasteiger partial charge in [-0.15, -0.1) is 0 Å². The number of hydrogen-bond donors (Lipinski definition) is 2. The van der Waals surface area contributed by atoms with Gasteiger partial charge in [-0.25, -0.2) is 4.79 Å². The normalized spacial score (nSPS) is 22.9. The lowest BCUT2D eigenvalue weighted by Gasteiger charge is -2.15. The van der Waals surface area contributed by atoms with Gasteiger partial charge < -0.3 is 15.2 Å². The van der Waals surface area contributed by atoms with Gasteiger partial charge in [-0.3, -0.25) is 0 Å². The lowest BCUT2D eigenvalue weighted by atomic mass is 10.1. The van der Waals surface area contributed by atoms with Crippen LogP contribution >= 0.6 is 0 Å². The first-order chi connectivity index (χ1) is 8.70. The summed E-state index contributed by atoms with van der Waals surface area (Å²) < 4.78 is 5.46. The van der Waals surface area contributed by atoms with Crippen LogP contribution in [0.4, 0.5) is 5.69 Å². The molecule has 4 heteroatoms. The summed E-state index contributed by atoms with van der Waals surface area (Å²) in [6.45, 7) is 2.79. The van der Waals surface area contributed by atoms with Crippen LogP contribution in [0.15, 0.2) is 24.3 Å². The highest BCUT2D eigenvalue weighted by Gasteiger charge is 2.30. The van der Waals surface area contributed by atoms with E-state index in [4.69, 9.17) is 9.84 Å². The number of benzene rings is 1. The highest BCUT2D eigenvalue weighted by atomic mass is 16.5. The molecule has 1 fully saturated rings. The maximum absolute atomic E-state index is 10.8. The predicted octanol–water partition coefficient (Wildman–Crippen LogP) is 2.29. The molecule has 2 N–H and O–H groups in total. The van der Waals surface area contributed by atoms with Crippen molar-refractivity contribution in [3.63, 3.8) is 0 Å². The van der Waals surface area contributed by atoms with E-state index >= 15 is 0 Å². The quantitative estimate of drug-likeness (QED) is 0.840. The minimum Gasteiger partial charge on any atom is -0.479 e. The van der Waals surface area contributed by atoms with Crippen molar-refractivity contribution in [3.05, 3.63) is 29.8 Å². The van der Waals surface area contributed by atoms with Crippen molar-refractivity contribution in [2.24, 2.45) is 0 Å². The van der Waals surface area contributed by atoms with Crippen LogP contribution < -0.4 is 5.32 Å². The number of carboxylic acid groups (broad SMARTS) is 1. The van der Waals surface area contributed by atoms with Crippen LogP contribution in [-0.2, 0) is 16.0 Å².